The molecule has 0 aliphatic heterocycles. The van der Waals surface area contributed by atoms with Crippen LogP contribution in [0.15, 0.2) is 48.5 Å². The fraction of sp³-hybridized carbons (Fsp3) is 0.286. The predicted molar refractivity (Wildman–Crippen MR) is 102 cm³/mol. The van der Waals surface area contributed by atoms with E-state index in [1.54, 1.807) is 55.5 Å². The van der Waals surface area contributed by atoms with Crippen molar-refractivity contribution in [1.29, 1.82) is 5.26 Å². The van der Waals surface area contributed by atoms with Crippen molar-refractivity contribution in [3.05, 3.63) is 64.7 Å². The molecule has 6 heteroatoms. The van der Waals surface area contributed by atoms with E-state index in [9.17, 15) is 14.9 Å². The van der Waals surface area contributed by atoms with Gasteiger partial charge in [0, 0.05) is 16.1 Å². The predicted octanol–water partition coefficient (Wildman–Crippen LogP) is 3.76. The average molecular weight is 383 g/mol. The van der Waals surface area contributed by atoms with Gasteiger partial charge in [0.15, 0.2) is 12.4 Å². The van der Waals surface area contributed by atoms with Gasteiger partial charge in [0.25, 0.3) is 5.91 Å². The van der Waals surface area contributed by atoms with E-state index in [-0.39, 0.29) is 24.2 Å². The summed E-state index contributed by atoms with van der Waals surface area (Å²) in [5.41, 5.74) is 0.221. The van der Waals surface area contributed by atoms with Crippen LogP contribution >= 0.6 is 11.6 Å². The summed E-state index contributed by atoms with van der Waals surface area (Å²) in [6.45, 7) is 1.55. The molecule has 1 aliphatic carbocycles. The number of nitriles is 1. The number of halogens is 1. The van der Waals surface area contributed by atoms with Crippen LogP contribution in [0.1, 0.15) is 35.7 Å². The highest BCUT2D eigenvalue weighted by atomic mass is 35.5. The molecule has 0 saturated heterocycles. The minimum Gasteiger partial charge on any atom is -0.484 e. The van der Waals surface area contributed by atoms with Gasteiger partial charge < -0.3 is 10.1 Å². The number of amides is 1. The molecule has 138 valence electrons. The van der Waals surface area contributed by atoms with Crippen molar-refractivity contribution in [1.82, 2.24) is 5.32 Å². The molecule has 1 aliphatic rings. The Kier molecular flexibility index (Phi) is 5.48. The first-order valence-corrected chi connectivity index (χ1v) is 9.04. The molecule has 3 rings (SSSR count). The Morgan fingerprint density at radius 3 is 2.22 bits per heavy atom. The van der Waals surface area contributed by atoms with Crippen molar-refractivity contribution in [3.63, 3.8) is 0 Å². The zero-order valence-electron chi connectivity index (χ0n) is 14.9. The van der Waals surface area contributed by atoms with Crippen LogP contribution in [-0.4, -0.2) is 23.8 Å². The summed E-state index contributed by atoms with van der Waals surface area (Å²) in [4.78, 5) is 24.5. The lowest BCUT2D eigenvalue weighted by molar-refractivity contribution is -0.124. The van der Waals surface area contributed by atoms with E-state index in [1.807, 2.05) is 0 Å². The fourth-order valence-corrected chi connectivity index (χ4v) is 2.95. The van der Waals surface area contributed by atoms with Gasteiger partial charge in [-0.15, -0.1) is 0 Å². The summed E-state index contributed by atoms with van der Waals surface area (Å²) in [6.07, 6.45) is 1.91. The normalized spacial score (nSPS) is 15.3. The molecule has 0 spiro atoms. The number of ether oxygens (including phenoxy) is 1. The zero-order valence-corrected chi connectivity index (χ0v) is 15.6. The molecule has 0 aromatic heterocycles. The molecule has 5 nitrogen and oxygen atoms in total. The van der Waals surface area contributed by atoms with Gasteiger partial charge in [0.1, 0.15) is 11.3 Å². The molecule has 0 bridgehead atoms. The maximum absolute atomic E-state index is 12.4. The van der Waals surface area contributed by atoms with Gasteiger partial charge >= 0.3 is 0 Å². The number of carbonyl (C=O) groups excluding carboxylic acids is 2. The quantitative estimate of drug-likeness (QED) is 0.739. The summed E-state index contributed by atoms with van der Waals surface area (Å²) >= 11 is 5.84. The largest absolute Gasteiger partial charge is 0.484 e. The second kappa shape index (κ2) is 7.81. The van der Waals surface area contributed by atoms with Gasteiger partial charge in [-0.25, -0.2) is 0 Å². The summed E-state index contributed by atoms with van der Waals surface area (Å²) in [6, 6.07) is 15.4. The molecule has 0 heterocycles. The monoisotopic (exact) mass is 382 g/mol. The number of nitrogens with zero attached hydrogens (tertiary/aromatic N) is 1. The Hall–Kier alpha value is -2.84. The third-order valence-electron chi connectivity index (χ3n) is 4.62. The Morgan fingerprint density at radius 2 is 1.70 bits per heavy atom. The molecule has 27 heavy (non-hydrogen) atoms. The van der Waals surface area contributed by atoms with E-state index in [4.69, 9.17) is 16.3 Å². The second-order valence-corrected chi connectivity index (χ2v) is 7.22. The van der Waals surface area contributed by atoms with Crippen molar-refractivity contribution in [2.45, 2.75) is 25.3 Å². The van der Waals surface area contributed by atoms with Crippen LogP contribution < -0.4 is 10.1 Å². The molecule has 1 amide bonds. The van der Waals surface area contributed by atoms with Crippen LogP contribution in [0.5, 0.6) is 5.75 Å². The van der Waals surface area contributed by atoms with Crippen molar-refractivity contribution >= 4 is 23.3 Å². The molecular formula is C21H19ClN2O3. The van der Waals surface area contributed by atoms with Gasteiger partial charge in [0.05, 0.1) is 6.07 Å². The Balaban J connectivity index is 1.56. The minimum atomic E-state index is -0.838. The number of nitrogens with one attached hydrogen (secondary N) is 1. The van der Waals surface area contributed by atoms with E-state index in [1.165, 1.54) is 0 Å². The molecule has 2 aromatic rings. The smallest absolute Gasteiger partial charge is 0.259 e. The zero-order chi connectivity index (χ0) is 19.4. The minimum absolute atomic E-state index is 0.120. The van der Waals surface area contributed by atoms with Gasteiger partial charge in [0.2, 0.25) is 0 Å². The van der Waals surface area contributed by atoms with Crippen LogP contribution in [0.4, 0.5) is 0 Å². The summed E-state index contributed by atoms with van der Waals surface area (Å²) in [7, 11) is 0. The highest BCUT2D eigenvalue weighted by molar-refractivity contribution is 6.30. The molecule has 2 aromatic carbocycles. The Labute approximate surface area is 162 Å². The van der Waals surface area contributed by atoms with E-state index in [0.29, 0.717) is 21.9 Å². The Bertz CT molecular complexity index is 883. The highest BCUT2D eigenvalue weighted by Gasteiger charge is 2.43. The SMILES string of the molecule is C[C@@](C#N)(NC(=O)COc1ccc(C(=O)c2ccc(Cl)cc2)cc1)C1CC1. The fourth-order valence-electron chi connectivity index (χ4n) is 2.83. The maximum Gasteiger partial charge on any atom is 0.259 e. The summed E-state index contributed by atoms with van der Waals surface area (Å²) in [5, 5.41) is 12.6. The van der Waals surface area contributed by atoms with Crippen molar-refractivity contribution in [2.24, 2.45) is 5.92 Å². The number of hydrogen-bond acceptors (Lipinski definition) is 4. The van der Waals surface area contributed by atoms with E-state index in [0.717, 1.165) is 12.8 Å². The van der Waals surface area contributed by atoms with Crippen molar-refractivity contribution < 1.29 is 14.3 Å². The summed E-state index contributed by atoms with van der Waals surface area (Å²) < 4.78 is 5.46. The Morgan fingerprint density at radius 1 is 1.15 bits per heavy atom. The van der Waals surface area contributed by atoms with Gasteiger partial charge in [-0.3, -0.25) is 9.59 Å². The van der Waals surface area contributed by atoms with E-state index < -0.39 is 5.54 Å². The molecule has 0 radical (unpaired) electrons. The van der Waals surface area contributed by atoms with Crippen LogP contribution in [0.3, 0.4) is 0 Å². The second-order valence-electron chi connectivity index (χ2n) is 6.79. The first kappa shape index (κ1) is 18.9. The molecule has 0 unspecified atom stereocenters. The molecule has 1 N–H and O–H groups in total. The van der Waals surface area contributed by atoms with Crippen LogP contribution in [0.2, 0.25) is 5.02 Å². The van der Waals surface area contributed by atoms with Gasteiger partial charge in [-0.1, -0.05) is 11.6 Å². The molecule has 1 fully saturated rings. The van der Waals surface area contributed by atoms with Crippen LogP contribution in [-0.2, 0) is 4.79 Å². The number of carbonyl (C=O) groups is 2. The van der Waals surface area contributed by atoms with Crippen molar-refractivity contribution in [3.8, 4) is 11.8 Å². The first-order chi connectivity index (χ1) is 12.9. The van der Waals surface area contributed by atoms with Crippen LogP contribution in [0, 0.1) is 17.2 Å². The van der Waals surface area contributed by atoms with Crippen molar-refractivity contribution in [2.75, 3.05) is 6.61 Å². The molecule has 1 atom stereocenters. The standard InChI is InChI=1S/C21H19ClN2O3/c1-21(13-23,16-6-7-16)24-19(25)12-27-18-10-4-15(5-11-18)20(26)14-2-8-17(22)9-3-14/h2-5,8-11,16H,6-7,12H2,1H3,(H,24,25)/t21-/m0/s1. The first-order valence-electron chi connectivity index (χ1n) is 8.67. The third-order valence-corrected chi connectivity index (χ3v) is 4.87. The lowest BCUT2D eigenvalue weighted by Crippen LogP contribution is -2.48. The lowest BCUT2D eigenvalue weighted by atomic mass is 9.98. The number of rotatable bonds is 7. The maximum atomic E-state index is 12.4. The third kappa shape index (κ3) is 4.66. The van der Waals surface area contributed by atoms with E-state index in [2.05, 4.69) is 11.4 Å². The van der Waals surface area contributed by atoms with Gasteiger partial charge in [-0.05, 0) is 74.2 Å². The molecular weight excluding hydrogens is 364 g/mol. The lowest BCUT2D eigenvalue weighted by Gasteiger charge is -2.22. The van der Waals surface area contributed by atoms with Crippen LogP contribution in [0.25, 0.3) is 0 Å². The number of benzene rings is 2. The number of ketones is 1. The van der Waals surface area contributed by atoms with Gasteiger partial charge in [-0.2, -0.15) is 5.26 Å². The summed E-state index contributed by atoms with van der Waals surface area (Å²) in [5.74, 6) is 0.227. The molecule has 1 saturated carbocycles. The average Bonchev–Trinajstić information content (AvgIpc) is 3.52. The highest BCUT2D eigenvalue weighted by Crippen LogP contribution is 2.39. The topological polar surface area (TPSA) is 79.2 Å². The number of hydrogen-bond donors (Lipinski definition) is 1. The van der Waals surface area contributed by atoms with E-state index >= 15 is 0 Å².